The van der Waals surface area contributed by atoms with Gasteiger partial charge in [0.15, 0.2) is 0 Å². The summed E-state index contributed by atoms with van der Waals surface area (Å²) in [4.78, 5) is 0. The first kappa shape index (κ1) is 16.2. The molecule has 1 unspecified atom stereocenters. The van der Waals surface area contributed by atoms with E-state index in [9.17, 15) is 4.39 Å². The Labute approximate surface area is 120 Å². The maximum absolute atomic E-state index is 13.6. The highest BCUT2D eigenvalue weighted by atomic mass is 35.5. The van der Waals surface area contributed by atoms with Gasteiger partial charge in [-0.2, -0.15) is 0 Å². The van der Waals surface area contributed by atoms with Crippen molar-refractivity contribution < 1.29 is 4.39 Å². The summed E-state index contributed by atoms with van der Waals surface area (Å²) in [7, 11) is 0. The predicted octanol–water partition coefficient (Wildman–Crippen LogP) is 4.77. The molecular formula is C16H23ClFN. The third-order valence-electron chi connectivity index (χ3n) is 3.27. The minimum absolute atomic E-state index is 0.106. The van der Waals surface area contributed by atoms with Crippen molar-refractivity contribution in [3.05, 3.63) is 46.8 Å². The molecule has 0 aliphatic rings. The Hall–Kier alpha value is -0.860. The molecule has 1 atom stereocenters. The van der Waals surface area contributed by atoms with Crippen LogP contribution in [0.4, 0.5) is 4.39 Å². The largest absolute Gasteiger partial charge is 0.314 e. The molecule has 0 amide bonds. The van der Waals surface area contributed by atoms with Crippen LogP contribution in [0.25, 0.3) is 0 Å². The molecule has 0 saturated carbocycles. The van der Waals surface area contributed by atoms with E-state index in [1.807, 2.05) is 6.07 Å². The lowest BCUT2D eigenvalue weighted by Crippen LogP contribution is -2.29. The summed E-state index contributed by atoms with van der Waals surface area (Å²) in [6.45, 7) is 13.3. The zero-order valence-electron chi connectivity index (χ0n) is 12.1. The Bertz CT molecular complexity index is 440. The van der Waals surface area contributed by atoms with Gasteiger partial charge in [0.1, 0.15) is 5.82 Å². The molecule has 1 nitrogen and oxygen atoms in total. The predicted molar refractivity (Wildman–Crippen MR) is 81.3 cm³/mol. The van der Waals surface area contributed by atoms with Crippen molar-refractivity contribution in [2.75, 3.05) is 6.54 Å². The molecule has 1 rings (SSSR count). The average Bonchev–Trinajstić information content (AvgIpc) is 2.33. The van der Waals surface area contributed by atoms with Crippen molar-refractivity contribution in [2.45, 2.75) is 39.7 Å². The monoisotopic (exact) mass is 283 g/mol. The van der Waals surface area contributed by atoms with Crippen molar-refractivity contribution in [1.29, 1.82) is 0 Å². The highest BCUT2D eigenvalue weighted by Crippen LogP contribution is 2.30. The Morgan fingerprint density at radius 1 is 1.32 bits per heavy atom. The summed E-state index contributed by atoms with van der Waals surface area (Å²) in [6.07, 6.45) is 0. The van der Waals surface area contributed by atoms with Crippen LogP contribution in [0.1, 0.15) is 39.2 Å². The molecule has 0 aliphatic heterocycles. The molecule has 1 N–H and O–H groups in total. The summed E-state index contributed by atoms with van der Waals surface area (Å²) in [6, 6.07) is 5.40. The van der Waals surface area contributed by atoms with Gasteiger partial charge in [-0.15, -0.1) is 0 Å². The summed E-state index contributed by atoms with van der Waals surface area (Å²) in [5.41, 5.74) is 2.03. The number of hydrogen-bond donors (Lipinski definition) is 1. The number of nitrogens with one attached hydrogen (secondary N) is 1. The number of hydrogen-bond acceptors (Lipinski definition) is 1. The Morgan fingerprint density at radius 3 is 2.42 bits per heavy atom. The van der Waals surface area contributed by atoms with E-state index in [4.69, 9.17) is 11.6 Å². The van der Waals surface area contributed by atoms with Crippen LogP contribution in [0.15, 0.2) is 30.4 Å². The molecule has 0 radical (unpaired) electrons. The van der Waals surface area contributed by atoms with Gasteiger partial charge in [0.2, 0.25) is 0 Å². The Kier molecular flexibility index (Phi) is 6.02. The smallest absolute Gasteiger partial charge is 0.142 e. The van der Waals surface area contributed by atoms with Gasteiger partial charge < -0.3 is 5.32 Å². The summed E-state index contributed by atoms with van der Waals surface area (Å²) < 4.78 is 13.6. The van der Waals surface area contributed by atoms with Crippen molar-refractivity contribution >= 4 is 11.6 Å². The molecule has 19 heavy (non-hydrogen) atoms. The van der Waals surface area contributed by atoms with Gasteiger partial charge in [0, 0.05) is 18.5 Å². The summed E-state index contributed by atoms with van der Waals surface area (Å²) in [5.74, 6) is 0.0946. The lowest BCUT2D eigenvalue weighted by atomic mass is 9.85. The normalized spacial score (nSPS) is 13.1. The second-order valence-corrected chi connectivity index (χ2v) is 5.93. The third-order valence-corrected chi connectivity index (χ3v) is 3.57. The molecule has 1 aromatic rings. The van der Waals surface area contributed by atoms with Crippen LogP contribution in [-0.2, 0) is 0 Å². The lowest BCUT2D eigenvalue weighted by molar-refractivity contribution is 0.532. The molecule has 0 saturated heterocycles. The van der Waals surface area contributed by atoms with Crippen LogP contribution in [0.2, 0.25) is 5.02 Å². The van der Waals surface area contributed by atoms with Gasteiger partial charge in [0.05, 0.1) is 5.02 Å². The van der Waals surface area contributed by atoms with Gasteiger partial charge >= 0.3 is 0 Å². The third kappa shape index (κ3) is 4.63. The zero-order chi connectivity index (χ0) is 14.6. The topological polar surface area (TPSA) is 12.0 Å². The van der Waals surface area contributed by atoms with E-state index in [2.05, 4.69) is 39.6 Å². The maximum atomic E-state index is 13.6. The maximum Gasteiger partial charge on any atom is 0.142 e. The molecule has 0 bridgehead atoms. The molecule has 1 aromatic carbocycles. The van der Waals surface area contributed by atoms with Crippen LogP contribution in [0.3, 0.4) is 0 Å². The standard InChI is InChI=1S/C16H23ClFN/c1-10(2)12(5)14(9-19-11(3)4)13-6-7-15(17)16(18)8-13/h6-8,10-11,14,19H,5,9H2,1-4H3. The molecule has 106 valence electrons. The van der Waals surface area contributed by atoms with E-state index in [1.165, 1.54) is 6.07 Å². The first-order chi connectivity index (χ1) is 8.82. The van der Waals surface area contributed by atoms with Crippen LogP contribution < -0.4 is 5.32 Å². The van der Waals surface area contributed by atoms with Crippen molar-refractivity contribution in [1.82, 2.24) is 5.32 Å². The SMILES string of the molecule is C=C(C(C)C)C(CNC(C)C)c1ccc(Cl)c(F)c1. The van der Waals surface area contributed by atoms with E-state index in [1.54, 1.807) is 6.07 Å². The van der Waals surface area contributed by atoms with E-state index >= 15 is 0 Å². The van der Waals surface area contributed by atoms with Crippen LogP contribution in [0.5, 0.6) is 0 Å². The molecular weight excluding hydrogens is 261 g/mol. The van der Waals surface area contributed by atoms with Gasteiger partial charge in [-0.05, 0) is 23.6 Å². The highest BCUT2D eigenvalue weighted by molar-refractivity contribution is 6.30. The molecule has 0 heterocycles. The fourth-order valence-corrected chi connectivity index (χ4v) is 2.07. The van der Waals surface area contributed by atoms with Gasteiger partial charge in [-0.25, -0.2) is 4.39 Å². The number of halogens is 2. The van der Waals surface area contributed by atoms with E-state index < -0.39 is 0 Å². The fourth-order valence-electron chi connectivity index (χ4n) is 1.95. The summed E-state index contributed by atoms with van der Waals surface area (Å²) >= 11 is 5.74. The van der Waals surface area contributed by atoms with Crippen LogP contribution in [-0.4, -0.2) is 12.6 Å². The Morgan fingerprint density at radius 2 is 1.95 bits per heavy atom. The van der Waals surface area contributed by atoms with Crippen LogP contribution >= 0.6 is 11.6 Å². The fraction of sp³-hybridized carbons (Fsp3) is 0.500. The number of benzene rings is 1. The molecule has 0 fully saturated rings. The van der Waals surface area contributed by atoms with Gasteiger partial charge in [-0.3, -0.25) is 0 Å². The Balaban J connectivity index is 3.00. The second-order valence-electron chi connectivity index (χ2n) is 5.52. The minimum Gasteiger partial charge on any atom is -0.314 e. The first-order valence-corrected chi connectivity index (χ1v) is 7.07. The molecule has 0 aromatic heterocycles. The average molecular weight is 284 g/mol. The minimum atomic E-state index is -0.370. The molecule has 3 heteroatoms. The molecule has 0 aliphatic carbocycles. The van der Waals surface area contributed by atoms with E-state index in [0.29, 0.717) is 12.0 Å². The van der Waals surface area contributed by atoms with E-state index in [0.717, 1.165) is 17.7 Å². The summed E-state index contributed by atoms with van der Waals surface area (Å²) in [5, 5.41) is 3.56. The molecule has 0 spiro atoms. The lowest BCUT2D eigenvalue weighted by Gasteiger charge is -2.24. The van der Waals surface area contributed by atoms with Crippen molar-refractivity contribution in [3.8, 4) is 0 Å². The van der Waals surface area contributed by atoms with Gasteiger partial charge in [0.25, 0.3) is 0 Å². The number of rotatable bonds is 6. The van der Waals surface area contributed by atoms with E-state index in [-0.39, 0.29) is 16.8 Å². The zero-order valence-corrected chi connectivity index (χ0v) is 12.9. The van der Waals surface area contributed by atoms with Crippen LogP contribution in [0, 0.1) is 11.7 Å². The second kappa shape index (κ2) is 7.06. The van der Waals surface area contributed by atoms with Gasteiger partial charge in [-0.1, -0.05) is 57.5 Å². The quantitative estimate of drug-likeness (QED) is 0.741. The highest BCUT2D eigenvalue weighted by Gasteiger charge is 2.19. The van der Waals surface area contributed by atoms with Crippen molar-refractivity contribution in [2.24, 2.45) is 5.92 Å². The first-order valence-electron chi connectivity index (χ1n) is 6.70. The van der Waals surface area contributed by atoms with Crippen molar-refractivity contribution in [3.63, 3.8) is 0 Å².